The molecule has 0 spiro atoms. The molecule has 3 rings (SSSR count). The number of para-hydroxylation sites is 1. The minimum Gasteiger partial charge on any atom is -0.493 e. The Morgan fingerprint density at radius 2 is 2.13 bits per heavy atom. The minimum atomic E-state index is 0.518. The lowest BCUT2D eigenvalue weighted by atomic mass is 9.97. The third-order valence-corrected chi connectivity index (χ3v) is 4.43. The molecule has 0 amide bonds. The van der Waals surface area contributed by atoms with Gasteiger partial charge in [-0.15, -0.1) is 0 Å². The maximum Gasteiger partial charge on any atom is 0.130 e. The van der Waals surface area contributed by atoms with E-state index >= 15 is 0 Å². The van der Waals surface area contributed by atoms with Crippen molar-refractivity contribution in [3.05, 3.63) is 41.1 Å². The van der Waals surface area contributed by atoms with Gasteiger partial charge in [-0.2, -0.15) is 5.10 Å². The molecule has 0 saturated carbocycles. The van der Waals surface area contributed by atoms with E-state index in [0.29, 0.717) is 5.92 Å². The van der Waals surface area contributed by atoms with Gasteiger partial charge in [0.25, 0.3) is 0 Å². The Labute approximate surface area is 138 Å². The van der Waals surface area contributed by atoms with Gasteiger partial charge < -0.3 is 15.0 Å². The van der Waals surface area contributed by atoms with E-state index in [1.165, 1.54) is 16.9 Å². The van der Waals surface area contributed by atoms with Crippen molar-refractivity contribution in [2.75, 3.05) is 32.1 Å². The Morgan fingerprint density at radius 3 is 2.91 bits per heavy atom. The van der Waals surface area contributed by atoms with E-state index in [1.54, 1.807) is 0 Å². The van der Waals surface area contributed by atoms with Crippen molar-refractivity contribution in [2.24, 2.45) is 13.0 Å². The Kier molecular flexibility index (Phi) is 4.57. The summed E-state index contributed by atoms with van der Waals surface area (Å²) in [6, 6.07) is 8.34. The molecule has 1 N–H and O–H groups in total. The standard InChI is InChI=1S/C18H26N4O/c1-13-16(18(21(2)3)22(4)20-13)11-19-10-14-9-15-7-5-6-8-17(15)23-12-14/h5-8,14,19H,9-12H2,1-4H3/t14-/m0/s1. The largest absolute Gasteiger partial charge is 0.493 e. The van der Waals surface area contributed by atoms with Crippen LogP contribution >= 0.6 is 0 Å². The van der Waals surface area contributed by atoms with Gasteiger partial charge in [0.15, 0.2) is 0 Å². The maximum atomic E-state index is 5.86. The van der Waals surface area contributed by atoms with Gasteiger partial charge in [0.05, 0.1) is 12.3 Å². The van der Waals surface area contributed by atoms with E-state index in [4.69, 9.17) is 4.74 Å². The van der Waals surface area contributed by atoms with Crippen LogP contribution in [0, 0.1) is 12.8 Å². The highest BCUT2D eigenvalue weighted by molar-refractivity contribution is 5.48. The molecule has 1 aliphatic rings. The third-order valence-electron chi connectivity index (χ3n) is 4.43. The SMILES string of the molecule is Cc1nn(C)c(N(C)C)c1CNC[C@H]1COc2ccccc2C1. The molecule has 5 heteroatoms. The van der Waals surface area contributed by atoms with Crippen LogP contribution in [0.15, 0.2) is 24.3 Å². The molecule has 0 fully saturated rings. The fourth-order valence-electron chi connectivity index (χ4n) is 3.38. The van der Waals surface area contributed by atoms with E-state index in [0.717, 1.165) is 37.6 Å². The number of aromatic nitrogens is 2. The minimum absolute atomic E-state index is 0.518. The van der Waals surface area contributed by atoms with Crippen molar-refractivity contribution in [3.8, 4) is 5.75 Å². The van der Waals surface area contributed by atoms with Gasteiger partial charge in [0.2, 0.25) is 0 Å². The number of rotatable bonds is 5. The molecule has 1 atom stereocenters. The lowest BCUT2D eigenvalue weighted by Gasteiger charge is -2.25. The first-order valence-electron chi connectivity index (χ1n) is 8.17. The second-order valence-corrected chi connectivity index (χ2v) is 6.53. The molecule has 124 valence electrons. The Hall–Kier alpha value is -2.01. The Balaban J connectivity index is 1.59. The number of hydrogen-bond donors (Lipinski definition) is 1. The smallest absolute Gasteiger partial charge is 0.130 e. The summed E-state index contributed by atoms with van der Waals surface area (Å²) >= 11 is 0. The molecular formula is C18H26N4O. The number of nitrogens with one attached hydrogen (secondary N) is 1. The molecule has 5 nitrogen and oxygen atoms in total. The lowest BCUT2D eigenvalue weighted by molar-refractivity contribution is 0.218. The molecule has 0 aliphatic carbocycles. The topological polar surface area (TPSA) is 42.3 Å². The van der Waals surface area contributed by atoms with Crippen molar-refractivity contribution in [1.29, 1.82) is 0 Å². The van der Waals surface area contributed by atoms with E-state index in [2.05, 4.69) is 54.5 Å². The number of hydrogen-bond acceptors (Lipinski definition) is 4. The Bertz CT molecular complexity index is 678. The van der Waals surface area contributed by atoms with Crippen molar-refractivity contribution >= 4 is 5.82 Å². The Morgan fingerprint density at radius 1 is 1.35 bits per heavy atom. The zero-order chi connectivity index (χ0) is 16.4. The highest BCUT2D eigenvalue weighted by Crippen LogP contribution is 2.26. The second kappa shape index (κ2) is 6.62. The number of fused-ring (bicyclic) bond motifs is 1. The molecular weight excluding hydrogens is 288 g/mol. The fraction of sp³-hybridized carbons (Fsp3) is 0.500. The van der Waals surface area contributed by atoms with E-state index in [9.17, 15) is 0 Å². The van der Waals surface area contributed by atoms with Crippen LogP contribution in [0.2, 0.25) is 0 Å². The summed E-state index contributed by atoms with van der Waals surface area (Å²) in [5.41, 5.74) is 3.68. The van der Waals surface area contributed by atoms with Crippen LogP contribution in [-0.4, -0.2) is 37.0 Å². The van der Waals surface area contributed by atoms with Gasteiger partial charge in [-0.05, 0) is 25.0 Å². The third kappa shape index (κ3) is 3.34. The molecule has 1 aliphatic heterocycles. The van der Waals surface area contributed by atoms with E-state index in [-0.39, 0.29) is 0 Å². The van der Waals surface area contributed by atoms with Crippen LogP contribution < -0.4 is 15.0 Å². The highest BCUT2D eigenvalue weighted by Gasteiger charge is 2.20. The monoisotopic (exact) mass is 314 g/mol. The maximum absolute atomic E-state index is 5.86. The molecule has 0 bridgehead atoms. The average Bonchev–Trinajstić information content (AvgIpc) is 2.81. The summed E-state index contributed by atoms with van der Waals surface area (Å²) in [4.78, 5) is 2.12. The molecule has 2 heterocycles. The van der Waals surface area contributed by atoms with Gasteiger partial charge in [-0.3, -0.25) is 4.68 Å². The van der Waals surface area contributed by atoms with Crippen LogP contribution in [0.4, 0.5) is 5.82 Å². The number of benzene rings is 1. The molecule has 1 aromatic heterocycles. The molecule has 0 unspecified atom stereocenters. The summed E-state index contributed by atoms with van der Waals surface area (Å²) in [6.45, 7) is 4.65. The number of nitrogens with zero attached hydrogens (tertiary/aromatic N) is 3. The van der Waals surface area contributed by atoms with Crippen molar-refractivity contribution in [2.45, 2.75) is 19.9 Å². The zero-order valence-electron chi connectivity index (χ0n) is 14.5. The normalized spacial score (nSPS) is 16.8. The van der Waals surface area contributed by atoms with E-state index in [1.807, 2.05) is 17.8 Å². The molecule has 23 heavy (non-hydrogen) atoms. The summed E-state index contributed by atoms with van der Waals surface area (Å²) in [5.74, 6) is 2.73. The zero-order valence-corrected chi connectivity index (χ0v) is 14.5. The highest BCUT2D eigenvalue weighted by atomic mass is 16.5. The van der Waals surface area contributed by atoms with Gasteiger partial charge in [-0.25, -0.2) is 0 Å². The predicted octanol–water partition coefficient (Wildman–Crippen LogP) is 2.14. The second-order valence-electron chi connectivity index (χ2n) is 6.53. The first kappa shape index (κ1) is 15.9. The van der Waals surface area contributed by atoms with Gasteiger partial charge >= 0.3 is 0 Å². The van der Waals surface area contributed by atoms with Crippen molar-refractivity contribution < 1.29 is 4.74 Å². The van der Waals surface area contributed by atoms with Gasteiger partial charge in [0, 0.05) is 45.7 Å². The van der Waals surface area contributed by atoms with E-state index < -0.39 is 0 Å². The molecule has 2 aromatic rings. The predicted molar refractivity (Wildman–Crippen MR) is 93.1 cm³/mol. The summed E-state index contributed by atoms with van der Waals surface area (Å²) in [7, 11) is 6.12. The summed E-state index contributed by atoms with van der Waals surface area (Å²) in [5, 5.41) is 8.13. The summed E-state index contributed by atoms with van der Waals surface area (Å²) in [6.07, 6.45) is 1.08. The first-order chi connectivity index (χ1) is 11.1. The number of aryl methyl sites for hydroxylation is 2. The van der Waals surface area contributed by atoms with Crippen LogP contribution in [-0.2, 0) is 20.0 Å². The average molecular weight is 314 g/mol. The van der Waals surface area contributed by atoms with Crippen LogP contribution in [0.25, 0.3) is 0 Å². The lowest BCUT2D eigenvalue weighted by Crippen LogP contribution is -2.31. The first-order valence-corrected chi connectivity index (χ1v) is 8.17. The van der Waals surface area contributed by atoms with Crippen molar-refractivity contribution in [3.63, 3.8) is 0 Å². The fourth-order valence-corrected chi connectivity index (χ4v) is 3.38. The van der Waals surface area contributed by atoms with Gasteiger partial charge in [-0.1, -0.05) is 18.2 Å². The number of ether oxygens (including phenoxy) is 1. The van der Waals surface area contributed by atoms with Crippen molar-refractivity contribution in [1.82, 2.24) is 15.1 Å². The quantitative estimate of drug-likeness (QED) is 0.918. The van der Waals surface area contributed by atoms with Gasteiger partial charge in [0.1, 0.15) is 11.6 Å². The summed E-state index contributed by atoms with van der Waals surface area (Å²) < 4.78 is 7.81. The number of anilines is 1. The molecule has 0 saturated heterocycles. The molecule has 1 aromatic carbocycles. The molecule has 0 radical (unpaired) electrons. The van der Waals surface area contributed by atoms with Crippen LogP contribution in [0.5, 0.6) is 5.75 Å². The van der Waals surface area contributed by atoms with Crippen LogP contribution in [0.1, 0.15) is 16.8 Å². The van der Waals surface area contributed by atoms with Crippen LogP contribution in [0.3, 0.4) is 0 Å².